The summed E-state index contributed by atoms with van der Waals surface area (Å²) in [6.45, 7) is 0.991. The van der Waals surface area contributed by atoms with Crippen LogP contribution in [0.3, 0.4) is 0 Å². The quantitative estimate of drug-likeness (QED) is 0.585. The molecule has 82 valence electrons. The van der Waals surface area contributed by atoms with Gasteiger partial charge in [0.05, 0.1) is 15.8 Å². The maximum absolute atomic E-state index is 10.9. The molecule has 0 unspecified atom stereocenters. The maximum Gasteiger partial charge on any atom is 0.278 e. The Morgan fingerprint density at radius 2 is 2.19 bits per heavy atom. The molecular formula is C12H12N2O2. The van der Waals surface area contributed by atoms with Gasteiger partial charge in [0.25, 0.3) is 5.69 Å². The molecule has 1 aromatic heterocycles. The third kappa shape index (κ3) is 1.46. The summed E-state index contributed by atoms with van der Waals surface area (Å²) in [5.41, 5.74) is 1.17. The molecule has 1 aromatic carbocycles. The lowest BCUT2D eigenvalue weighted by Crippen LogP contribution is -1.97. The Labute approximate surface area is 92.6 Å². The fourth-order valence-corrected chi connectivity index (χ4v) is 2.10. The highest BCUT2D eigenvalue weighted by molar-refractivity contribution is 5.89. The summed E-state index contributed by atoms with van der Waals surface area (Å²) in [6.07, 6.45) is 4.53. The van der Waals surface area contributed by atoms with Gasteiger partial charge in [0, 0.05) is 18.8 Å². The summed E-state index contributed by atoms with van der Waals surface area (Å²) >= 11 is 0. The molecule has 4 heteroatoms. The number of hydrogen-bond acceptors (Lipinski definition) is 2. The van der Waals surface area contributed by atoms with E-state index in [1.54, 1.807) is 12.1 Å². The van der Waals surface area contributed by atoms with E-state index in [2.05, 4.69) is 4.57 Å². The zero-order valence-electron chi connectivity index (χ0n) is 8.80. The van der Waals surface area contributed by atoms with E-state index in [0.717, 1.165) is 23.4 Å². The van der Waals surface area contributed by atoms with Gasteiger partial charge in [-0.3, -0.25) is 10.1 Å². The molecule has 16 heavy (non-hydrogen) atoms. The van der Waals surface area contributed by atoms with Gasteiger partial charge in [0.1, 0.15) is 0 Å². The Balaban J connectivity index is 2.11. The van der Waals surface area contributed by atoms with Gasteiger partial charge in [0.2, 0.25) is 0 Å². The fourth-order valence-electron chi connectivity index (χ4n) is 2.10. The predicted molar refractivity (Wildman–Crippen MR) is 61.3 cm³/mol. The average Bonchev–Trinajstić information content (AvgIpc) is 2.98. The number of aromatic nitrogens is 1. The Morgan fingerprint density at radius 3 is 2.88 bits per heavy atom. The van der Waals surface area contributed by atoms with E-state index in [4.69, 9.17) is 0 Å². The van der Waals surface area contributed by atoms with Gasteiger partial charge in [-0.05, 0) is 30.9 Å². The van der Waals surface area contributed by atoms with E-state index in [9.17, 15) is 10.1 Å². The molecule has 1 heterocycles. The third-order valence-electron chi connectivity index (χ3n) is 3.14. The van der Waals surface area contributed by atoms with Crippen molar-refractivity contribution in [3.8, 4) is 0 Å². The first-order valence-corrected chi connectivity index (χ1v) is 5.48. The number of non-ortho nitro benzene ring substituents is 1. The van der Waals surface area contributed by atoms with E-state index in [1.165, 1.54) is 12.8 Å². The number of nitro groups is 1. The van der Waals surface area contributed by atoms with E-state index in [0.29, 0.717) is 0 Å². The molecule has 0 amide bonds. The van der Waals surface area contributed by atoms with E-state index >= 15 is 0 Å². The van der Waals surface area contributed by atoms with Crippen molar-refractivity contribution >= 4 is 16.6 Å². The van der Waals surface area contributed by atoms with Gasteiger partial charge in [-0.2, -0.15) is 0 Å². The van der Waals surface area contributed by atoms with Crippen LogP contribution in [0.15, 0.2) is 30.5 Å². The van der Waals surface area contributed by atoms with E-state index in [1.807, 2.05) is 18.3 Å². The summed E-state index contributed by atoms with van der Waals surface area (Å²) in [5.74, 6) is 0.773. The minimum absolute atomic E-state index is 0.201. The first-order chi connectivity index (χ1) is 7.75. The first kappa shape index (κ1) is 9.39. The topological polar surface area (TPSA) is 48.1 Å². The van der Waals surface area contributed by atoms with Crippen molar-refractivity contribution < 1.29 is 4.92 Å². The van der Waals surface area contributed by atoms with Crippen molar-refractivity contribution in [1.29, 1.82) is 0 Å². The Kier molecular flexibility index (Phi) is 1.96. The SMILES string of the molecule is O=[N+]([O-])c1cccc2c1ccn2CC1CC1. The highest BCUT2D eigenvalue weighted by Crippen LogP contribution is 2.33. The smallest absolute Gasteiger partial charge is 0.278 e. The number of rotatable bonds is 3. The third-order valence-corrected chi connectivity index (χ3v) is 3.14. The molecule has 3 rings (SSSR count). The van der Waals surface area contributed by atoms with Crippen LogP contribution in [0, 0.1) is 16.0 Å². The summed E-state index contributed by atoms with van der Waals surface area (Å²) in [4.78, 5) is 10.5. The molecule has 1 fully saturated rings. The molecule has 0 N–H and O–H groups in total. The minimum atomic E-state index is -0.316. The fraction of sp³-hybridized carbons (Fsp3) is 0.333. The molecule has 0 bridgehead atoms. The zero-order chi connectivity index (χ0) is 11.1. The standard InChI is InChI=1S/C12H12N2O2/c15-14(16)12-3-1-2-11-10(12)6-7-13(11)8-9-4-5-9/h1-3,6-7,9H,4-5,8H2. The normalized spacial score (nSPS) is 15.5. The van der Waals surface area contributed by atoms with Crippen molar-refractivity contribution in [2.45, 2.75) is 19.4 Å². The highest BCUT2D eigenvalue weighted by atomic mass is 16.6. The van der Waals surface area contributed by atoms with Gasteiger partial charge in [-0.1, -0.05) is 6.07 Å². The maximum atomic E-state index is 10.9. The molecule has 0 radical (unpaired) electrons. The molecule has 0 spiro atoms. The van der Waals surface area contributed by atoms with Gasteiger partial charge in [-0.15, -0.1) is 0 Å². The predicted octanol–water partition coefficient (Wildman–Crippen LogP) is 2.96. The Hall–Kier alpha value is -1.84. The van der Waals surface area contributed by atoms with E-state index in [-0.39, 0.29) is 10.6 Å². The summed E-state index contributed by atoms with van der Waals surface area (Å²) in [6, 6.07) is 7.11. The van der Waals surface area contributed by atoms with Crippen molar-refractivity contribution in [1.82, 2.24) is 4.57 Å². The number of benzene rings is 1. The Bertz CT molecular complexity index is 555. The van der Waals surface area contributed by atoms with Gasteiger partial charge in [0.15, 0.2) is 0 Å². The van der Waals surface area contributed by atoms with Crippen LogP contribution in [0.2, 0.25) is 0 Å². The van der Waals surface area contributed by atoms with Gasteiger partial charge >= 0.3 is 0 Å². The molecule has 1 aliphatic carbocycles. The number of hydrogen-bond donors (Lipinski definition) is 0. The van der Waals surface area contributed by atoms with Crippen LogP contribution in [-0.2, 0) is 6.54 Å². The van der Waals surface area contributed by atoms with Crippen LogP contribution in [0.4, 0.5) is 5.69 Å². The van der Waals surface area contributed by atoms with Crippen LogP contribution >= 0.6 is 0 Å². The first-order valence-electron chi connectivity index (χ1n) is 5.48. The monoisotopic (exact) mass is 216 g/mol. The lowest BCUT2D eigenvalue weighted by molar-refractivity contribution is -0.383. The molecular weight excluding hydrogens is 204 g/mol. The van der Waals surface area contributed by atoms with Gasteiger partial charge in [-0.25, -0.2) is 0 Å². The number of nitrogens with zero attached hydrogens (tertiary/aromatic N) is 2. The van der Waals surface area contributed by atoms with Gasteiger partial charge < -0.3 is 4.57 Å². The second-order valence-corrected chi connectivity index (χ2v) is 4.38. The van der Waals surface area contributed by atoms with Crippen LogP contribution in [0.1, 0.15) is 12.8 Å². The van der Waals surface area contributed by atoms with Crippen LogP contribution < -0.4 is 0 Å². The van der Waals surface area contributed by atoms with Crippen LogP contribution in [-0.4, -0.2) is 9.49 Å². The van der Waals surface area contributed by atoms with E-state index < -0.39 is 0 Å². The molecule has 0 saturated heterocycles. The second-order valence-electron chi connectivity index (χ2n) is 4.38. The van der Waals surface area contributed by atoms with Crippen molar-refractivity contribution in [3.63, 3.8) is 0 Å². The van der Waals surface area contributed by atoms with Crippen LogP contribution in [0.5, 0.6) is 0 Å². The van der Waals surface area contributed by atoms with Crippen molar-refractivity contribution in [2.24, 2.45) is 5.92 Å². The number of fused-ring (bicyclic) bond motifs is 1. The summed E-state index contributed by atoms with van der Waals surface area (Å²) < 4.78 is 2.12. The number of nitro benzene ring substituents is 1. The summed E-state index contributed by atoms with van der Waals surface area (Å²) in [7, 11) is 0. The largest absolute Gasteiger partial charge is 0.347 e. The molecule has 2 aromatic rings. The van der Waals surface area contributed by atoms with Crippen molar-refractivity contribution in [3.05, 3.63) is 40.6 Å². The highest BCUT2D eigenvalue weighted by Gasteiger charge is 2.23. The lowest BCUT2D eigenvalue weighted by Gasteiger charge is -2.03. The molecule has 1 aliphatic rings. The average molecular weight is 216 g/mol. The lowest BCUT2D eigenvalue weighted by atomic mass is 10.2. The zero-order valence-corrected chi connectivity index (χ0v) is 8.80. The molecule has 1 saturated carbocycles. The molecule has 0 aliphatic heterocycles. The van der Waals surface area contributed by atoms with Crippen LogP contribution in [0.25, 0.3) is 10.9 Å². The summed E-state index contributed by atoms with van der Waals surface area (Å²) in [5, 5.41) is 11.6. The minimum Gasteiger partial charge on any atom is -0.347 e. The molecule has 4 nitrogen and oxygen atoms in total. The second kappa shape index (κ2) is 3.33. The van der Waals surface area contributed by atoms with Crippen molar-refractivity contribution in [2.75, 3.05) is 0 Å². The Morgan fingerprint density at radius 1 is 1.38 bits per heavy atom. The molecule has 0 atom stereocenters.